The van der Waals surface area contributed by atoms with Crippen LogP contribution in [0.15, 0.2) is 41.1 Å². The van der Waals surface area contributed by atoms with Crippen molar-refractivity contribution in [3.05, 3.63) is 48.0 Å². The standard InChI is InChI=1S/C18H24N4O2/c1-15-16(6-12-24-15)13-20(2)14-18(23)22-10-8-21(9-11-22)17-5-3-4-7-19-17/h3-7,12H,8-11,13-14H2,1-2H3. The van der Waals surface area contributed by atoms with Crippen LogP contribution in [-0.2, 0) is 11.3 Å². The van der Waals surface area contributed by atoms with Crippen molar-refractivity contribution in [2.75, 3.05) is 44.7 Å². The first-order valence-electron chi connectivity index (χ1n) is 8.29. The zero-order chi connectivity index (χ0) is 16.9. The summed E-state index contributed by atoms with van der Waals surface area (Å²) >= 11 is 0. The maximum absolute atomic E-state index is 12.5. The number of piperazine rings is 1. The highest BCUT2D eigenvalue weighted by atomic mass is 16.3. The predicted molar refractivity (Wildman–Crippen MR) is 92.8 cm³/mol. The number of aromatic nitrogens is 1. The lowest BCUT2D eigenvalue weighted by atomic mass is 10.2. The van der Waals surface area contributed by atoms with Crippen LogP contribution in [0.3, 0.4) is 0 Å². The van der Waals surface area contributed by atoms with Crippen molar-refractivity contribution in [1.82, 2.24) is 14.8 Å². The van der Waals surface area contributed by atoms with Crippen LogP contribution in [0.5, 0.6) is 0 Å². The lowest BCUT2D eigenvalue weighted by Gasteiger charge is -2.36. The lowest BCUT2D eigenvalue weighted by molar-refractivity contribution is -0.132. The van der Waals surface area contributed by atoms with Gasteiger partial charge in [0.15, 0.2) is 0 Å². The fourth-order valence-corrected chi connectivity index (χ4v) is 2.98. The van der Waals surface area contributed by atoms with E-state index >= 15 is 0 Å². The van der Waals surface area contributed by atoms with Gasteiger partial charge in [-0.15, -0.1) is 0 Å². The van der Waals surface area contributed by atoms with Gasteiger partial charge in [0.2, 0.25) is 5.91 Å². The summed E-state index contributed by atoms with van der Waals surface area (Å²) in [5.74, 6) is 2.08. The normalized spacial score (nSPS) is 15.1. The summed E-state index contributed by atoms with van der Waals surface area (Å²) < 4.78 is 5.31. The van der Waals surface area contributed by atoms with E-state index in [1.165, 1.54) is 0 Å². The lowest BCUT2D eigenvalue weighted by Crippen LogP contribution is -2.51. The van der Waals surface area contributed by atoms with Gasteiger partial charge in [-0.2, -0.15) is 0 Å². The number of aryl methyl sites for hydroxylation is 1. The molecule has 24 heavy (non-hydrogen) atoms. The molecule has 1 amide bonds. The minimum absolute atomic E-state index is 0.180. The topological polar surface area (TPSA) is 52.8 Å². The van der Waals surface area contributed by atoms with E-state index in [0.29, 0.717) is 6.54 Å². The number of pyridine rings is 1. The molecule has 0 spiro atoms. The highest BCUT2D eigenvalue weighted by Gasteiger charge is 2.22. The molecule has 1 aliphatic rings. The molecule has 0 N–H and O–H groups in total. The third-order valence-electron chi connectivity index (χ3n) is 4.42. The SMILES string of the molecule is Cc1occc1CN(C)CC(=O)N1CCN(c2ccccn2)CC1. The Morgan fingerprint density at radius 2 is 2.04 bits per heavy atom. The molecule has 1 aliphatic heterocycles. The largest absolute Gasteiger partial charge is 0.469 e. The Hall–Kier alpha value is -2.34. The second-order valence-electron chi connectivity index (χ2n) is 6.23. The van der Waals surface area contributed by atoms with Gasteiger partial charge in [-0.3, -0.25) is 9.69 Å². The van der Waals surface area contributed by atoms with Crippen LogP contribution in [0.4, 0.5) is 5.82 Å². The molecule has 3 heterocycles. The Morgan fingerprint density at radius 3 is 2.67 bits per heavy atom. The van der Waals surface area contributed by atoms with Crippen LogP contribution in [0, 0.1) is 6.92 Å². The number of nitrogens with zero attached hydrogens (tertiary/aromatic N) is 4. The first kappa shape index (κ1) is 16.5. The monoisotopic (exact) mass is 328 g/mol. The highest BCUT2D eigenvalue weighted by Crippen LogP contribution is 2.14. The third-order valence-corrected chi connectivity index (χ3v) is 4.42. The molecule has 0 aliphatic carbocycles. The van der Waals surface area contributed by atoms with Gasteiger partial charge in [0.1, 0.15) is 11.6 Å². The quantitative estimate of drug-likeness (QED) is 0.837. The van der Waals surface area contributed by atoms with Crippen LogP contribution in [0.1, 0.15) is 11.3 Å². The number of amides is 1. The molecular weight excluding hydrogens is 304 g/mol. The smallest absolute Gasteiger partial charge is 0.236 e. The van der Waals surface area contributed by atoms with Crippen LogP contribution in [0.2, 0.25) is 0 Å². The van der Waals surface area contributed by atoms with Crippen LogP contribution in [-0.4, -0.2) is 60.5 Å². The summed E-state index contributed by atoms with van der Waals surface area (Å²) in [6, 6.07) is 7.88. The Kier molecular flexibility index (Phi) is 5.15. The van der Waals surface area contributed by atoms with Gasteiger partial charge >= 0.3 is 0 Å². The summed E-state index contributed by atoms with van der Waals surface area (Å²) in [6.45, 7) is 6.24. The first-order valence-corrected chi connectivity index (χ1v) is 8.29. The number of rotatable bonds is 5. The number of hydrogen-bond donors (Lipinski definition) is 0. The van der Waals surface area contributed by atoms with Crippen molar-refractivity contribution in [3.8, 4) is 0 Å². The highest BCUT2D eigenvalue weighted by molar-refractivity contribution is 5.78. The summed E-state index contributed by atoms with van der Waals surface area (Å²) in [4.78, 5) is 23.1. The van der Waals surface area contributed by atoms with E-state index in [0.717, 1.165) is 49.9 Å². The molecule has 6 heteroatoms. The molecule has 0 aromatic carbocycles. The average Bonchev–Trinajstić information content (AvgIpc) is 3.00. The number of furan rings is 1. The van der Waals surface area contributed by atoms with Gasteiger partial charge in [0.05, 0.1) is 12.8 Å². The molecule has 1 fully saturated rings. The molecule has 6 nitrogen and oxygen atoms in total. The first-order chi connectivity index (χ1) is 11.6. The number of anilines is 1. The van der Waals surface area contributed by atoms with Crippen LogP contribution >= 0.6 is 0 Å². The second-order valence-corrected chi connectivity index (χ2v) is 6.23. The minimum Gasteiger partial charge on any atom is -0.469 e. The van der Waals surface area contributed by atoms with E-state index in [2.05, 4.69) is 9.88 Å². The maximum atomic E-state index is 12.5. The molecule has 0 saturated carbocycles. The number of carbonyl (C=O) groups excluding carboxylic acids is 1. The zero-order valence-corrected chi connectivity index (χ0v) is 14.3. The van der Waals surface area contributed by atoms with Gasteiger partial charge in [-0.25, -0.2) is 4.98 Å². The fourth-order valence-electron chi connectivity index (χ4n) is 2.98. The van der Waals surface area contributed by atoms with Crippen molar-refractivity contribution >= 4 is 11.7 Å². The summed E-state index contributed by atoms with van der Waals surface area (Å²) in [5, 5.41) is 0. The van der Waals surface area contributed by atoms with E-state index in [1.54, 1.807) is 12.5 Å². The van der Waals surface area contributed by atoms with Crippen molar-refractivity contribution in [1.29, 1.82) is 0 Å². The molecule has 1 saturated heterocycles. The van der Waals surface area contributed by atoms with Crippen molar-refractivity contribution in [3.63, 3.8) is 0 Å². The van der Waals surface area contributed by atoms with Gasteiger partial charge in [0.25, 0.3) is 0 Å². The van der Waals surface area contributed by atoms with Crippen LogP contribution < -0.4 is 4.90 Å². The maximum Gasteiger partial charge on any atom is 0.236 e. The predicted octanol–water partition coefficient (Wildman–Crippen LogP) is 1.76. The van der Waals surface area contributed by atoms with E-state index in [1.807, 2.05) is 48.0 Å². The molecule has 0 unspecified atom stereocenters. The molecule has 0 bridgehead atoms. The molecule has 0 atom stereocenters. The fraction of sp³-hybridized carbons (Fsp3) is 0.444. The molecule has 3 rings (SSSR count). The molecule has 0 radical (unpaired) electrons. The molecule has 2 aromatic heterocycles. The van der Waals surface area contributed by atoms with Crippen LogP contribution in [0.25, 0.3) is 0 Å². The van der Waals surface area contributed by atoms with E-state index in [4.69, 9.17) is 4.42 Å². The Balaban J connectivity index is 1.47. The zero-order valence-electron chi connectivity index (χ0n) is 14.3. The van der Waals surface area contributed by atoms with Crippen molar-refractivity contribution in [2.45, 2.75) is 13.5 Å². The van der Waals surface area contributed by atoms with E-state index < -0.39 is 0 Å². The van der Waals surface area contributed by atoms with Gasteiger partial charge in [-0.1, -0.05) is 6.07 Å². The van der Waals surface area contributed by atoms with Gasteiger partial charge in [0, 0.05) is 44.5 Å². The van der Waals surface area contributed by atoms with Gasteiger partial charge < -0.3 is 14.2 Å². The summed E-state index contributed by atoms with van der Waals surface area (Å²) in [7, 11) is 1.97. The van der Waals surface area contributed by atoms with Crippen molar-refractivity contribution in [2.24, 2.45) is 0 Å². The molecule has 128 valence electrons. The number of hydrogen-bond acceptors (Lipinski definition) is 5. The number of carbonyl (C=O) groups is 1. The molecular formula is C18H24N4O2. The second kappa shape index (κ2) is 7.49. The summed E-state index contributed by atoms with van der Waals surface area (Å²) in [6.07, 6.45) is 3.50. The Morgan fingerprint density at radius 1 is 1.25 bits per heavy atom. The average molecular weight is 328 g/mol. The minimum atomic E-state index is 0.180. The van der Waals surface area contributed by atoms with E-state index in [9.17, 15) is 4.79 Å². The molecule has 2 aromatic rings. The summed E-state index contributed by atoms with van der Waals surface area (Å²) in [5.41, 5.74) is 1.13. The van der Waals surface area contributed by atoms with Gasteiger partial charge in [-0.05, 0) is 32.2 Å². The van der Waals surface area contributed by atoms with E-state index in [-0.39, 0.29) is 5.91 Å². The van der Waals surface area contributed by atoms with Crippen molar-refractivity contribution < 1.29 is 9.21 Å². The Bertz CT molecular complexity index is 663. The Labute approximate surface area is 142 Å². The number of likely N-dealkylation sites (N-methyl/N-ethyl adjacent to an activating group) is 1. The third kappa shape index (κ3) is 3.94.